The molecule has 8 heteroatoms. The molecule has 0 spiro atoms. The van der Waals surface area contributed by atoms with E-state index in [9.17, 15) is 9.59 Å². The lowest BCUT2D eigenvalue weighted by molar-refractivity contribution is 0.0203. The SMILES string of the molecule is Cc1ccc([C@@H]2CCN(C(=O)c3cnn(-c4ccccc4Cl)c3C3CCN(C(=O)OC(C)(C)C)CC3)C2)cc1. The maximum atomic E-state index is 14.0. The predicted molar refractivity (Wildman–Crippen MR) is 153 cm³/mol. The zero-order valence-electron chi connectivity index (χ0n) is 23.2. The van der Waals surface area contributed by atoms with Gasteiger partial charge < -0.3 is 14.5 Å². The fraction of sp³-hybridized carbons (Fsp3) is 0.452. The van der Waals surface area contributed by atoms with E-state index < -0.39 is 5.60 Å². The van der Waals surface area contributed by atoms with Crippen molar-refractivity contribution in [2.45, 2.75) is 64.4 Å². The Kier molecular flexibility index (Phi) is 7.72. The number of carbonyl (C=O) groups excluding carboxylic acids is 2. The molecule has 2 amide bonds. The van der Waals surface area contributed by atoms with Crippen LogP contribution in [0.25, 0.3) is 5.69 Å². The van der Waals surface area contributed by atoms with Crippen LogP contribution in [0.1, 0.15) is 79.0 Å². The molecule has 2 aromatic carbocycles. The van der Waals surface area contributed by atoms with Crippen molar-refractivity contribution >= 4 is 23.6 Å². The number of nitrogens with zero attached hydrogens (tertiary/aromatic N) is 4. The van der Waals surface area contributed by atoms with E-state index in [2.05, 4.69) is 36.3 Å². The molecular formula is C31H37ClN4O3. The lowest BCUT2D eigenvalue weighted by atomic mass is 9.90. The number of halogens is 1. The number of rotatable bonds is 4. The van der Waals surface area contributed by atoms with Crippen molar-refractivity contribution in [3.05, 3.63) is 82.1 Å². The van der Waals surface area contributed by atoms with E-state index in [1.807, 2.05) is 54.6 Å². The van der Waals surface area contributed by atoms with Crippen LogP contribution in [0.3, 0.4) is 0 Å². The van der Waals surface area contributed by atoms with E-state index in [4.69, 9.17) is 16.3 Å². The van der Waals surface area contributed by atoms with E-state index in [1.165, 1.54) is 11.1 Å². The number of piperidine rings is 1. The number of ether oxygens (including phenoxy) is 1. The molecular weight excluding hydrogens is 512 g/mol. The van der Waals surface area contributed by atoms with Gasteiger partial charge in [0.05, 0.1) is 28.2 Å². The number of benzene rings is 2. The quantitative estimate of drug-likeness (QED) is 0.369. The molecule has 7 nitrogen and oxygen atoms in total. The Hall–Kier alpha value is -3.32. The van der Waals surface area contributed by atoms with Gasteiger partial charge in [-0.15, -0.1) is 0 Å². The number of likely N-dealkylation sites (tertiary alicyclic amines) is 2. The van der Waals surface area contributed by atoms with Gasteiger partial charge in [-0.2, -0.15) is 5.10 Å². The Morgan fingerprint density at radius 3 is 2.23 bits per heavy atom. The zero-order chi connectivity index (χ0) is 27.7. The molecule has 2 saturated heterocycles. The number of hydrogen-bond acceptors (Lipinski definition) is 4. The fourth-order valence-corrected chi connectivity index (χ4v) is 5.83. The first-order chi connectivity index (χ1) is 18.6. The minimum Gasteiger partial charge on any atom is -0.444 e. The third-order valence-corrected chi connectivity index (χ3v) is 7.99. The third kappa shape index (κ3) is 5.98. The second-order valence-electron chi connectivity index (χ2n) is 11.7. The van der Waals surface area contributed by atoms with Gasteiger partial charge in [-0.05, 0) is 64.7 Å². The Morgan fingerprint density at radius 1 is 0.923 bits per heavy atom. The van der Waals surface area contributed by atoms with Crippen LogP contribution in [0.5, 0.6) is 0 Å². The highest BCUT2D eigenvalue weighted by Crippen LogP contribution is 2.36. The first-order valence-corrected chi connectivity index (χ1v) is 14.1. The van der Waals surface area contributed by atoms with Gasteiger partial charge in [-0.25, -0.2) is 9.48 Å². The van der Waals surface area contributed by atoms with Gasteiger partial charge in [0.15, 0.2) is 0 Å². The zero-order valence-corrected chi connectivity index (χ0v) is 23.9. The fourth-order valence-electron chi connectivity index (χ4n) is 5.62. The topological polar surface area (TPSA) is 67.7 Å². The molecule has 0 radical (unpaired) electrons. The molecule has 1 atom stereocenters. The van der Waals surface area contributed by atoms with Crippen LogP contribution in [0, 0.1) is 6.92 Å². The smallest absolute Gasteiger partial charge is 0.410 e. The van der Waals surface area contributed by atoms with Gasteiger partial charge in [-0.1, -0.05) is 53.6 Å². The minimum absolute atomic E-state index is 0.00693. The molecule has 5 rings (SSSR count). The first-order valence-electron chi connectivity index (χ1n) is 13.8. The van der Waals surface area contributed by atoms with Gasteiger partial charge in [0.25, 0.3) is 5.91 Å². The maximum absolute atomic E-state index is 14.0. The van der Waals surface area contributed by atoms with E-state index in [-0.39, 0.29) is 17.9 Å². The second-order valence-corrected chi connectivity index (χ2v) is 12.1. The number of para-hydroxylation sites is 1. The lowest BCUT2D eigenvalue weighted by Crippen LogP contribution is -2.41. The predicted octanol–water partition coefficient (Wildman–Crippen LogP) is 6.58. The lowest BCUT2D eigenvalue weighted by Gasteiger charge is -2.34. The Labute approximate surface area is 235 Å². The number of aromatic nitrogens is 2. The van der Waals surface area contributed by atoms with Crippen LogP contribution < -0.4 is 0 Å². The standard InChI is InChI=1S/C31H37ClN4O3/c1-21-9-11-22(12-10-21)24-15-18-35(20-24)29(37)25-19-33-36(27-8-6-5-7-26(27)32)28(25)23-13-16-34(17-14-23)30(38)39-31(2,3)4/h5-12,19,23-24H,13-18,20H2,1-4H3/t24-/m1/s1. The molecule has 2 aliphatic heterocycles. The Morgan fingerprint density at radius 2 is 1.56 bits per heavy atom. The van der Waals surface area contributed by atoms with Gasteiger partial charge in [0, 0.05) is 38.0 Å². The molecule has 0 saturated carbocycles. The molecule has 0 unspecified atom stereocenters. The molecule has 206 valence electrons. The van der Waals surface area contributed by atoms with Crippen molar-refractivity contribution in [3.63, 3.8) is 0 Å². The minimum atomic E-state index is -0.539. The van der Waals surface area contributed by atoms with Crippen LogP contribution in [-0.2, 0) is 4.74 Å². The van der Waals surface area contributed by atoms with Gasteiger partial charge in [0.1, 0.15) is 5.60 Å². The van der Waals surface area contributed by atoms with Crippen molar-refractivity contribution in [2.75, 3.05) is 26.2 Å². The molecule has 3 heterocycles. The van der Waals surface area contributed by atoms with E-state index >= 15 is 0 Å². The van der Waals surface area contributed by atoms with E-state index in [0.29, 0.717) is 55.5 Å². The van der Waals surface area contributed by atoms with Crippen molar-refractivity contribution in [1.82, 2.24) is 19.6 Å². The molecule has 0 N–H and O–H groups in total. The summed E-state index contributed by atoms with van der Waals surface area (Å²) in [4.78, 5) is 30.3. The normalized spacial score (nSPS) is 18.4. The van der Waals surface area contributed by atoms with Gasteiger partial charge >= 0.3 is 6.09 Å². The summed E-state index contributed by atoms with van der Waals surface area (Å²) in [6.45, 7) is 10.2. The van der Waals surface area contributed by atoms with Gasteiger partial charge in [0.2, 0.25) is 0 Å². The Balaban J connectivity index is 1.40. The number of aryl methyl sites for hydroxylation is 1. The number of amides is 2. The average Bonchev–Trinajstić information content (AvgIpc) is 3.56. The highest BCUT2D eigenvalue weighted by atomic mass is 35.5. The molecule has 2 aliphatic rings. The van der Waals surface area contributed by atoms with Gasteiger partial charge in [-0.3, -0.25) is 4.79 Å². The Bertz CT molecular complexity index is 1340. The highest BCUT2D eigenvalue weighted by molar-refractivity contribution is 6.32. The largest absolute Gasteiger partial charge is 0.444 e. The van der Waals surface area contributed by atoms with Crippen molar-refractivity contribution in [1.29, 1.82) is 0 Å². The van der Waals surface area contributed by atoms with Crippen LogP contribution in [0.4, 0.5) is 4.79 Å². The average molecular weight is 549 g/mol. The highest BCUT2D eigenvalue weighted by Gasteiger charge is 2.35. The summed E-state index contributed by atoms with van der Waals surface area (Å²) in [7, 11) is 0. The maximum Gasteiger partial charge on any atom is 0.410 e. The molecule has 0 aliphatic carbocycles. The van der Waals surface area contributed by atoms with Crippen LogP contribution in [-0.4, -0.2) is 63.4 Å². The first kappa shape index (κ1) is 27.3. The van der Waals surface area contributed by atoms with Crippen LogP contribution in [0.15, 0.2) is 54.7 Å². The van der Waals surface area contributed by atoms with Crippen LogP contribution in [0.2, 0.25) is 5.02 Å². The summed E-state index contributed by atoms with van der Waals surface area (Å²) >= 11 is 6.58. The number of carbonyl (C=O) groups is 2. The monoisotopic (exact) mass is 548 g/mol. The summed E-state index contributed by atoms with van der Waals surface area (Å²) in [5, 5.41) is 5.26. The second kappa shape index (κ2) is 11.0. The van der Waals surface area contributed by atoms with E-state index in [0.717, 1.165) is 17.8 Å². The summed E-state index contributed by atoms with van der Waals surface area (Å²) in [5.41, 5.74) is 4.21. The van der Waals surface area contributed by atoms with Crippen molar-refractivity contribution in [3.8, 4) is 5.69 Å². The molecule has 2 fully saturated rings. The summed E-state index contributed by atoms with van der Waals surface area (Å²) in [5.74, 6) is 0.387. The number of hydrogen-bond donors (Lipinski definition) is 0. The van der Waals surface area contributed by atoms with Crippen LogP contribution >= 0.6 is 11.6 Å². The molecule has 3 aromatic rings. The third-order valence-electron chi connectivity index (χ3n) is 7.68. The summed E-state index contributed by atoms with van der Waals surface area (Å²) in [6.07, 6.45) is 3.76. The van der Waals surface area contributed by atoms with Crippen molar-refractivity contribution < 1.29 is 14.3 Å². The molecule has 1 aromatic heterocycles. The molecule has 0 bridgehead atoms. The van der Waals surface area contributed by atoms with Crippen molar-refractivity contribution in [2.24, 2.45) is 0 Å². The summed E-state index contributed by atoms with van der Waals surface area (Å²) in [6, 6.07) is 16.2. The summed E-state index contributed by atoms with van der Waals surface area (Å²) < 4.78 is 7.42. The molecule has 39 heavy (non-hydrogen) atoms. The van der Waals surface area contributed by atoms with E-state index in [1.54, 1.807) is 11.1 Å².